The van der Waals surface area contributed by atoms with E-state index < -0.39 is 12.9 Å². The second kappa shape index (κ2) is 9.92. The monoisotopic (exact) mass is 428 g/mol. The Morgan fingerprint density at radius 1 is 1.26 bits per heavy atom. The van der Waals surface area contributed by atoms with E-state index in [4.69, 9.17) is 15.2 Å². The number of anilines is 1. The third kappa shape index (κ3) is 5.30. The Kier molecular flexibility index (Phi) is 7.07. The van der Waals surface area contributed by atoms with Gasteiger partial charge in [-0.15, -0.1) is 0 Å². The van der Waals surface area contributed by atoms with Crippen molar-refractivity contribution in [2.45, 2.75) is 26.3 Å². The Hall–Kier alpha value is -3.62. The quantitative estimate of drug-likeness (QED) is 0.669. The first-order valence-corrected chi connectivity index (χ1v) is 9.86. The molecule has 0 saturated heterocycles. The van der Waals surface area contributed by atoms with E-state index in [9.17, 15) is 14.0 Å². The smallest absolute Gasteiger partial charge is 0.316 e. The molecule has 0 radical (unpaired) electrons. The number of benzene rings is 2. The van der Waals surface area contributed by atoms with Crippen LogP contribution >= 0.6 is 0 Å². The van der Waals surface area contributed by atoms with E-state index in [0.29, 0.717) is 23.6 Å². The second-order valence-electron chi connectivity index (χ2n) is 7.05. The maximum Gasteiger partial charge on any atom is 0.316 e. The minimum Gasteiger partial charge on any atom is -0.493 e. The molecule has 3 N–H and O–H groups in total. The predicted octanol–water partition coefficient (Wildman–Crippen LogP) is 3.65. The number of urea groups is 1. The van der Waals surface area contributed by atoms with Crippen LogP contribution in [0.15, 0.2) is 47.6 Å². The van der Waals surface area contributed by atoms with Crippen molar-refractivity contribution in [2.24, 2.45) is 16.8 Å². The number of primary amides is 1. The molecule has 0 fully saturated rings. The number of hydrogen-bond donors (Lipinski definition) is 2. The van der Waals surface area contributed by atoms with Crippen LogP contribution in [0.1, 0.15) is 30.9 Å². The summed E-state index contributed by atoms with van der Waals surface area (Å²) in [5.41, 5.74) is 8.09. The number of ether oxygens (including phenoxy) is 2. The molecule has 0 spiro atoms. The van der Waals surface area contributed by atoms with Gasteiger partial charge in [0.25, 0.3) is 0 Å². The number of halogens is 1. The summed E-state index contributed by atoms with van der Waals surface area (Å²) in [4.78, 5) is 23.6. The van der Waals surface area contributed by atoms with E-state index >= 15 is 0 Å². The molecule has 8 nitrogen and oxygen atoms in total. The Bertz CT molecular complexity index is 978. The van der Waals surface area contributed by atoms with Gasteiger partial charge in [-0.05, 0) is 42.3 Å². The van der Waals surface area contributed by atoms with Crippen LogP contribution in [-0.4, -0.2) is 36.6 Å². The van der Waals surface area contributed by atoms with Crippen LogP contribution in [0.5, 0.6) is 11.5 Å². The van der Waals surface area contributed by atoms with Crippen LogP contribution in [0.4, 0.5) is 14.9 Å². The lowest BCUT2D eigenvalue weighted by molar-refractivity contribution is -0.133. The number of nitrogens with one attached hydrogen (secondary N) is 1. The summed E-state index contributed by atoms with van der Waals surface area (Å²) in [6.07, 6.45) is 1.08. The molecule has 0 saturated carbocycles. The number of carbonyl (C=O) groups is 2. The van der Waals surface area contributed by atoms with E-state index in [0.717, 1.165) is 23.3 Å². The maximum absolute atomic E-state index is 12.7. The number of nitrogens with zero attached hydrogens (tertiary/aromatic N) is 2. The molecule has 3 amide bonds. The molecule has 3 rings (SSSR count). The highest BCUT2D eigenvalue weighted by Crippen LogP contribution is 2.32. The van der Waals surface area contributed by atoms with Crippen LogP contribution in [0, 0.1) is 5.92 Å². The van der Waals surface area contributed by atoms with Crippen molar-refractivity contribution in [3.8, 4) is 11.5 Å². The number of methoxy groups -OCH3 is 1. The Labute approximate surface area is 179 Å². The summed E-state index contributed by atoms with van der Waals surface area (Å²) in [5.74, 6) is 0.590. The number of hydrazone groups is 1. The largest absolute Gasteiger partial charge is 0.493 e. The Morgan fingerprint density at radius 2 is 2.00 bits per heavy atom. The normalized spacial score (nSPS) is 16.0. The number of carbonyl (C=O) groups excluding carboxylic acids is 2. The zero-order chi connectivity index (χ0) is 22.4. The summed E-state index contributed by atoms with van der Waals surface area (Å²) < 4.78 is 22.8. The van der Waals surface area contributed by atoms with E-state index in [1.807, 2.05) is 6.92 Å². The van der Waals surface area contributed by atoms with Crippen molar-refractivity contribution in [2.75, 3.05) is 19.3 Å². The lowest BCUT2D eigenvalue weighted by atomic mass is 9.89. The van der Waals surface area contributed by atoms with Crippen LogP contribution in [0.3, 0.4) is 0 Å². The van der Waals surface area contributed by atoms with Crippen molar-refractivity contribution in [3.05, 3.63) is 53.6 Å². The maximum atomic E-state index is 12.7. The lowest BCUT2D eigenvalue weighted by Gasteiger charge is -2.29. The van der Waals surface area contributed by atoms with Crippen LogP contribution in [-0.2, 0) is 11.3 Å². The van der Waals surface area contributed by atoms with Gasteiger partial charge in [-0.3, -0.25) is 4.79 Å². The lowest BCUT2D eigenvalue weighted by Crippen LogP contribution is -2.36. The van der Waals surface area contributed by atoms with Gasteiger partial charge in [0.2, 0.25) is 12.8 Å². The van der Waals surface area contributed by atoms with Crippen molar-refractivity contribution < 1.29 is 23.5 Å². The van der Waals surface area contributed by atoms with Gasteiger partial charge in [0.05, 0.1) is 19.4 Å². The first-order chi connectivity index (χ1) is 14.9. The first kappa shape index (κ1) is 22.1. The zero-order valence-corrected chi connectivity index (χ0v) is 17.4. The number of alkyl halides is 1. The molecule has 0 aliphatic carbocycles. The molecule has 1 aliphatic rings. The van der Waals surface area contributed by atoms with Crippen LogP contribution in [0.2, 0.25) is 0 Å². The number of nitrogens with two attached hydrogens (primary N) is 1. The SMILES string of the molecule is CCC1CC(=O)N(Cc2ccc(NC(N)=O)cc2)N=C1c1ccc(OCF)c(OC)c1. The van der Waals surface area contributed by atoms with Gasteiger partial charge < -0.3 is 20.5 Å². The van der Waals surface area contributed by atoms with Gasteiger partial charge in [-0.25, -0.2) is 14.2 Å². The van der Waals surface area contributed by atoms with Gasteiger partial charge in [0.1, 0.15) is 0 Å². The van der Waals surface area contributed by atoms with Gasteiger partial charge in [-0.2, -0.15) is 5.10 Å². The molecule has 1 aliphatic heterocycles. The minimum atomic E-state index is -0.954. The van der Waals surface area contributed by atoms with E-state index in [1.165, 1.54) is 12.1 Å². The highest BCUT2D eigenvalue weighted by Gasteiger charge is 2.29. The van der Waals surface area contributed by atoms with E-state index in [-0.39, 0.29) is 18.4 Å². The third-order valence-corrected chi connectivity index (χ3v) is 5.04. The standard InChI is InChI=1S/C22H25FN4O4/c1-3-15-11-20(28)27(12-14-4-7-17(8-5-14)25-22(24)29)26-21(15)16-6-9-18(31-13-23)19(10-16)30-2/h4-10,15H,3,11-13H2,1-2H3,(H3,24,25,29). The molecule has 31 heavy (non-hydrogen) atoms. The molecule has 2 aromatic rings. The van der Waals surface area contributed by atoms with E-state index in [2.05, 4.69) is 10.4 Å². The number of rotatable bonds is 8. The third-order valence-electron chi connectivity index (χ3n) is 5.04. The topological polar surface area (TPSA) is 106 Å². The Balaban J connectivity index is 1.87. The van der Waals surface area contributed by atoms with Crippen molar-refractivity contribution in [1.29, 1.82) is 0 Å². The van der Waals surface area contributed by atoms with Crippen LogP contribution < -0.4 is 20.5 Å². The van der Waals surface area contributed by atoms with Crippen molar-refractivity contribution in [1.82, 2.24) is 5.01 Å². The minimum absolute atomic E-state index is 0.0384. The summed E-state index contributed by atoms with van der Waals surface area (Å²) in [6, 6.07) is 11.5. The molecular weight excluding hydrogens is 403 g/mol. The fourth-order valence-corrected chi connectivity index (χ4v) is 3.45. The van der Waals surface area contributed by atoms with Gasteiger partial charge in [0, 0.05) is 23.6 Å². The number of hydrogen-bond acceptors (Lipinski definition) is 5. The molecule has 0 bridgehead atoms. The van der Waals surface area contributed by atoms with Crippen molar-refractivity contribution in [3.63, 3.8) is 0 Å². The molecule has 164 valence electrons. The molecule has 1 unspecified atom stereocenters. The molecule has 1 heterocycles. The van der Waals surface area contributed by atoms with Crippen LogP contribution in [0.25, 0.3) is 0 Å². The van der Waals surface area contributed by atoms with E-state index in [1.54, 1.807) is 42.5 Å². The molecule has 1 atom stereocenters. The molecule has 0 aromatic heterocycles. The molecule has 9 heteroatoms. The zero-order valence-electron chi connectivity index (χ0n) is 17.4. The average Bonchev–Trinajstić information content (AvgIpc) is 2.76. The average molecular weight is 428 g/mol. The van der Waals surface area contributed by atoms with Gasteiger partial charge in [0.15, 0.2) is 11.5 Å². The summed E-state index contributed by atoms with van der Waals surface area (Å²) in [7, 11) is 1.48. The highest BCUT2D eigenvalue weighted by atomic mass is 19.1. The summed E-state index contributed by atoms with van der Waals surface area (Å²) >= 11 is 0. The first-order valence-electron chi connectivity index (χ1n) is 9.86. The highest BCUT2D eigenvalue weighted by molar-refractivity contribution is 6.06. The van der Waals surface area contributed by atoms with Gasteiger partial charge >= 0.3 is 6.03 Å². The predicted molar refractivity (Wildman–Crippen MR) is 115 cm³/mol. The summed E-state index contributed by atoms with van der Waals surface area (Å²) in [6.45, 7) is 1.34. The Morgan fingerprint density at radius 3 is 2.61 bits per heavy atom. The molecular formula is C22H25FN4O4. The second-order valence-corrected chi connectivity index (χ2v) is 7.05. The number of amides is 3. The van der Waals surface area contributed by atoms with Gasteiger partial charge in [-0.1, -0.05) is 19.1 Å². The fourth-order valence-electron chi connectivity index (χ4n) is 3.45. The summed E-state index contributed by atoms with van der Waals surface area (Å²) in [5, 5.41) is 8.58. The van der Waals surface area contributed by atoms with Crippen molar-refractivity contribution >= 4 is 23.3 Å². The fraction of sp³-hybridized carbons (Fsp3) is 0.318. The molecule has 2 aromatic carbocycles.